The van der Waals surface area contributed by atoms with Gasteiger partial charge in [0.2, 0.25) is 0 Å². The fraction of sp³-hybridized carbons (Fsp3) is 0.133. The minimum absolute atomic E-state index is 0.0380. The number of esters is 1. The van der Waals surface area contributed by atoms with Crippen molar-refractivity contribution in [1.29, 1.82) is 0 Å². The first-order chi connectivity index (χ1) is 10.2. The van der Waals surface area contributed by atoms with Crippen molar-refractivity contribution in [2.75, 3.05) is 18.5 Å². The molecule has 0 spiro atoms. The summed E-state index contributed by atoms with van der Waals surface area (Å²) in [5.41, 5.74) is 1.28. The number of ether oxygens (including phenoxy) is 1. The predicted molar refractivity (Wildman–Crippen MR) is 78.3 cm³/mol. The van der Waals surface area contributed by atoms with Crippen molar-refractivity contribution < 1.29 is 14.5 Å². The Balaban J connectivity index is 1.75. The van der Waals surface area contributed by atoms with Gasteiger partial charge in [0.05, 0.1) is 10.5 Å². The summed E-state index contributed by atoms with van der Waals surface area (Å²) in [5, 5.41) is 13.5. The largest absolute Gasteiger partial charge is 0.460 e. The third-order valence-corrected chi connectivity index (χ3v) is 2.75. The highest BCUT2D eigenvalue weighted by Crippen LogP contribution is 2.14. The number of nitro groups is 1. The van der Waals surface area contributed by atoms with Crippen LogP contribution in [0.2, 0.25) is 0 Å². The van der Waals surface area contributed by atoms with Crippen molar-refractivity contribution in [1.82, 2.24) is 0 Å². The van der Waals surface area contributed by atoms with Crippen LogP contribution < -0.4 is 5.32 Å². The van der Waals surface area contributed by atoms with Gasteiger partial charge >= 0.3 is 5.97 Å². The minimum Gasteiger partial charge on any atom is -0.460 e. The number of rotatable bonds is 6. The van der Waals surface area contributed by atoms with Crippen molar-refractivity contribution in [2.45, 2.75) is 0 Å². The van der Waals surface area contributed by atoms with Gasteiger partial charge in [-0.3, -0.25) is 10.1 Å². The molecule has 108 valence electrons. The number of nitro benzene ring substituents is 1. The van der Waals surface area contributed by atoms with Crippen LogP contribution in [0.4, 0.5) is 11.4 Å². The first-order valence-corrected chi connectivity index (χ1v) is 6.37. The quantitative estimate of drug-likeness (QED) is 0.382. The number of non-ortho nitro benzene ring substituents is 1. The maximum Gasteiger partial charge on any atom is 0.338 e. The SMILES string of the molecule is O=C(OCCNc1ccc([N+](=O)[O-])cc1)c1ccccc1. The van der Waals surface area contributed by atoms with Crippen LogP contribution in [0.1, 0.15) is 10.4 Å². The Kier molecular flexibility index (Phi) is 4.87. The molecule has 2 aromatic carbocycles. The van der Waals surface area contributed by atoms with Crippen molar-refractivity contribution in [3.8, 4) is 0 Å². The second-order valence-electron chi connectivity index (χ2n) is 4.23. The lowest BCUT2D eigenvalue weighted by molar-refractivity contribution is -0.384. The van der Waals surface area contributed by atoms with Gasteiger partial charge in [-0.2, -0.15) is 0 Å². The van der Waals surface area contributed by atoms with Crippen molar-refractivity contribution in [2.24, 2.45) is 0 Å². The highest BCUT2D eigenvalue weighted by Gasteiger charge is 2.06. The van der Waals surface area contributed by atoms with Gasteiger partial charge in [-0.1, -0.05) is 18.2 Å². The van der Waals surface area contributed by atoms with E-state index in [0.717, 1.165) is 5.69 Å². The lowest BCUT2D eigenvalue weighted by Gasteiger charge is -2.07. The van der Waals surface area contributed by atoms with Gasteiger partial charge in [-0.15, -0.1) is 0 Å². The van der Waals surface area contributed by atoms with Gasteiger partial charge in [0.25, 0.3) is 5.69 Å². The van der Waals surface area contributed by atoms with Gasteiger partial charge in [-0.25, -0.2) is 4.79 Å². The molecule has 2 aromatic rings. The number of anilines is 1. The maximum atomic E-state index is 11.7. The molecule has 0 unspecified atom stereocenters. The first kappa shape index (κ1) is 14.5. The standard InChI is InChI=1S/C15H14N2O4/c18-15(12-4-2-1-3-5-12)21-11-10-16-13-6-8-14(9-7-13)17(19)20/h1-9,16H,10-11H2. The predicted octanol–water partition coefficient (Wildman–Crippen LogP) is 2.86. The van der Waals surface area contributed by atoms with E-state index in [1.165, 1.54) is 12.1 Å². The Hall–Kier alpha value is -2.89. The minimum atomic E-state index is -0.453. The summed E-state index contributed by atoms with van der Waals surface area (Å²) in [5.74, 6) is -0.374. The fourth-order valence-electron chi connectivity index (χ4n) is 1.70. The molecular weight excluding hydrogens is 272 g/mol. The van der Waals surface area contributed by atoms with Gasteiger partial charge in [-0.05, 0) is 24.3 Å². The number of hydrogen-bond donors (Lipinski definition) is 1. The second kappa shape index (κ2) is 7.04. The van der Waals surface area contributed by atoms with Gasteiger partial charge in [0, 0.05) is 24.4 Å². The van der Waals surface area contributed by atoms with Crippen LogP contribution >= 0.6 is 0 Å². The van der Waals surface area contributed by atoms with Crippen molar-refractivity contribution in [3.05, 3.63) is 70.3 Å². The molecule has 1 N–H and O–H groups in total. The van der Waals surface area contributed by atoms with Crippen LogP contribution in [0.3, 0.4) is 0 Å². The van der Waals surface area contributed by atoms with Crippen molar-refractivity contribution >= 4 is 17.3 Å². The van der Waals surface area contributed by atoms with E-state index in [9.17, 15) is 14.9 Å². The summed E-state index contributed by atoms with van der Waals surface area (Å²) in [7, 11) is 0. The van der Waals surface area contributed by atoms with Crippen LogP contribution in [-0.2, 0) is 4.74 Å². The zero-order valence-corrected chi connectivity index (χ0v) is 11.2. The summed E-state index contributed by atoms with van der Waals surface area (Å²) >= 11 is 0. The molecule has 0 saturated carbocycles. The summed E-state index contributed by atoms with van der Waals surface area (Å²) in [6.07, 6.45) is 0. The van der Waals surface area contributed by atoms with E-state index in [1.54, 1.807) is 36.4 Å². The van der Waals surface area contributed by atoms with Crippen LogP contribution in [0.5, 0.6) is 0 Å². The number of nitrogens with zero attached hydrogens (tertiary/aromatic N) is 1. The van der Waals surface area contributed by atoms with E-state index in [4.69, 9.17) is 4.74 Å². The number of hydrogen-bond acceptors (Lipinski definition) is 5. The van der Waals surface area contributed by atoms with Crippen molar-refractivity contribution in [3.63, 3.8) is 0 Å². The molecule has 6 nitrogen and oxygen atoms in total. The fourth-order valence-corrected chi connectivity index (χ4v) is 1.70. The molecule has 0 fully saturated rings. The molecule has 0 aromatic heterocycles. The third-order valence-electron chi connectivity index (χ3n) is 2.75. The van der Waals surface area contributed by atoms with E-state index in [0.29, 0.717) is 12.1 Å². The summed E-state index contributed by atoms with van der Waals surface area (Å²) in [6, 6.07) is 14.8. The summed E-state index contributed by atoms with van der Waals surface area (Å²) < 4.78 is 5.10. The van der Waals surface area contributed by atoms with Crippen LogP contribution in [-0.4, -0.2) is 24.0 Å². The molecule has 0 aliphatic carbocycles. The summed E-state index contributed by atoms with van der Waals surface area (Å²) in [6.45, 7) is 0.640. The average molecular weight is 286 g/mol. The molecule has 2 rings (SSSR count). The molecule has 0 radical (unpaired) electrons. The van der Waals surface area contributed by atoms with E-state index >= 15 is 0 Å². The lowest BCUT2D eigenvalue weighted by atomic mass is 10.2. The monoisotopic (exact) mass is 286 g/mol. The smallest absolute Gasteiger partial charge is 0.338 e. The van der Waals surface area contributed by atoms with Crippen LogP contribution in [0.15, 0.2) is 54.6 Å². The van der Waals surface area contributed by atoms with E-state index < -0.39 is 4.92 Å². The Bertz CT molecular complexity index is 611. The molecule has 0 bridgehead atoms. The maximum absolute atomic E-state index is 11.7. The topological polar surface area (TPSA) is 81.5 Å². The molecule has 0 saturated heterocycles. The first-order valence-electron chi connectivity index (χ1n) is 6.37. The number of nitrogens with one attached hydrogen (secondary N) is 1. The van der Waals surface area contributed by atoms with E-state index in [1.807, 2.05) is 6.07 Å². The molecule has 0 aliphatic rings. The highest BCUT2D eigenvalue weighted by molar-refractivity contribution is 5.89. The van der Waals surface area contributed by atoms with Gasteiger partial charge in [0.15, 0.2) is 0 Å². The third kappa shape index (κ3) is 4.31. The number of benzene rings is 2. The molecule has 21 heavy (non-hydrogen) atoms. The zero-order chi connectivity index (χ0) is 15.1. The Morgan fingerprint density at radius 2 is 1.76 bits per heavy atom. The Labute approximate surface area is 121 Å². The normalized spacial score (nSPS) is 9.90. The van der Waals surface area contributed by atoms with Gasteiger partial charge < -0.3 is 10.1 Å². The lowest BCUT2D eigenvalue weighted by Crippen LogP contribution is -2.13. The van der Waals surface area contributed by atoms with Crippen LogP contribution in [0, 0.1) is 10.1 Å². The highest BCUT2D eigenvalue weighted by atomic mass is 16.6. The van der Waals surface area contributed by atoms with Crippen LogP contribution in [0.25, 0.3) is 0 Å². The van der Waals surface area contributed by atoms with Gasteiger partial charge in [0.1, 0.15) is 6.61 Å². The molecule has 0 aliphatic heterocycles. The Morgan fingerprint density at radius 3 is 2.38 bits per heavy atom. The molecule has 6 heteroatoms. The molecular formula is C15H14N2O4. The zero-order valence-electron chi connectivity index (χ0n) is 11.2. The average Bonchev–Trinajstić information content (AvgIpc) is 2.52. The van der Waals surface area contributed by atoms with E-state index in [-0.39, 0.29) is 18.3 Å². The molecule has 0 atom stereocenters. The molecule has 0 amide bonds. The Morgan fingerprint density at radius 1 is 1.10 bits per heavy atom. The number of carbonyl (C=O) groups excluding carboxylic acids is 1. The number of carbonyl (C=O) groups is 1. The second-order valence-corrected chi connectivity index (χ2v) is 4.23. The summed E-state index contributed by atoms with van der Waals surface area (Å²) in [4.78, 5) is 21.7. The molecule has 0 heterocycles. The van der Waals surface area contributed by atoms with E-state index in [2.05, 4.69) is 5.32 Å².